The number of pyridine rings is 1. The van der Waals surface area contributed by atoms with Gasteiger partial charge in [-0.25, -0.2) is 13.8 Å². The van der Waals surface area contributed by atoms with Crippen LogP contribution >= 0.6 is 22.6 Å². The highest BCUT2D eigenvalue weighted by Crippen LogP contribution is 2.33. The van der Waals surface area contributed by atoms with Gasteiger partial charge in [-0.1, -0.05) is 0 Å². The zero-order valence-corrected chi connectivity index (χ0v) is 8.99. The Kier molecular flexibility index (Phi) is 3.57. The average molecular weight is 310 g/mol. The molecule has 1 rings (SSSR count). The molecule has 0 aliphatic heterocycles. The lowest BCUT2D eigenvalue weighted by Gasteiger charge is -2.08. The van der Waals surface area contributed by atoms with Gasteiger partial charge < -0.3 is 5.11 Å². The van der Waals surface area contributed by atoms with Gasteiger partial charge in [0, 0.05) is 6.20 Å². The fourth-order valence-corrected chi connectivity index (χ4v) is 1.43. The third kappa shape index (κ3) is 2.09. The Balaban J connectivity index is 3.31. The molecule has 0 fully saturated rings. The maximum Gasteiger partial charge on any atom is 0.267 e. The van der Waals surface area contributed by atoms with E-state index in [-0.39, 0.29) is 15.7 Å². The normalized spacial score (nSPS) is 10.2. The standard InChI is InChI=1S/C8H5F2IN2O/c9-7(10)5-4(1-2-12)3-13-8(11)6(5)14/h3,7,14H,1H2. The molecule has 1 aromatic heterocycles. The molecule has 3 nitrogen and oxygen atoms in total. The smallest absolute Gasteiger partial charge is 0.267 e. The molecule has 0 aliphatic rings. The van der Waals surface area contributed by atoms with Crippen LogP contribution in [0.2, 0.25) is 0 Å². The Hall–Kier alpha value is -0.970. The van der Waals surface area contributed by atoms with Crippen LogP contribution in [0.15, 0.2) is 6.20 Å². The van der Waals surface area contributed by atoms with E-state index in [1.807, 2.05) is 0 Å². The quantitative estimate of drug-likeness (QED) is 0.674. The molecule has 1 heterocycles. The van der Waals surface area contributed by atoms with Gasteiger partial charge in [-0.3, -0.25) is 0 Å². The van der Waals surface area contributed by atoms with Gasteiger partial charge in [0.05, 0.1) is 18.1 Å². The monoisotopic (exact) mass is 310 g/mol. The van der Waals surface area contributed by atoms with Gasteiger partial charge in [0.2, 0.25) is 0 Å². The van der Waals surface area contributed by atoms with E-state index >= 15 is 0 Å². The Labute approximate surface area is 92.5 Å². The van der Waals surface area contributed by atoms with Gasteiger partial charge in [-0.05, 0) is 28.2 Å². The number of hydrogen-bond donors (Lipinski definition) is 1. The van der Waals surface area contributed by atoms with Crippen molar-refractivity contribution in [3.8, 4) is 11.8 Å². The van der Waals surface area contributed by atoms with Crippen LogP contribution in [0.1, 0.15) is 17.6 Å². The predicted molar refractivity (Wildman–Crippen MR) is 52.9 cm³/mol. The summed E-state index contributed by atoms with van der Waals surface area (Å²) < 4.78 is 25.1. The van der Waals surface area contributed by atoms with Crippen LogP contribution in [0, 0.1) is 15.0 Å². The fourth-order valence-electron chi connectivity index (χ4n) is 0.998. The van der Waals surface area contributed by atoms with Gasteiger partial charge >= 0.3 is 0 Å². The summed E-state index contributed by atoms with van der Waals surface area (Å²) in [6.07, 6.45) is -1.79. The summed E-state index contributed by atoms with van der Waals surface area (Å²) in [5.41, 5.74) is -0.425. The van der Waals surface area contributed by atoms with E-state index < -0.39 is 17.7 Å². The van der Waals surface area contributed by atoms with Crippen molar-refractivity contribution in [3.05, 3.63) is 21.0 Å². The molecule has 74 valence electrons. The van der Waals surface area contributed by atoms with Crippen molar-refractivity contribution >= 4 is 22.6 Å². The second-order valence-corrected chi connectivity index (χ2v) is 3.49. The molecule has 14 heavy (non-hydrogen) atoms. The Morgan fingerprint density at radius 3 is 2.79 bits per heavy atom. The van der Waals surface area contributed by atoms with Crippen LogP contribution in [0.3, 0.4) is 0 Å². The minimum Gasteiger partial charge on any atom is -0.505 e. The van der Waals surface area contributed by atoms with Gasteiger partial charge in [0.15, 0.2) is 5.75 Å². The topological polar surface area (TPSA) is 56.9 Å². The Bertz CT molecular complexity index is 390. The van der Waals surface area contributed by atoms with Crippen LogP contribution in [0.25, 0.3) is 0 Å². The summed E-state index contributed by atoms with van der Waals surface area (Å²) in [6.45, 7) is 0. The molecule has 0 amide bonds. The van der Waals surface area contributed by atoms with Crippen molar-refractivity contribution in [2.75, 3.05) is 0 Å². The van der Waals surface area contributed by atoms with Crippen LogP contribution < -0.4 is 0 Å². The lowest BCUT2D eigenvalue weighted by Crippen LogP contribution is -1.98. The van der Waals surface area contributed by atoms with E-state index in [1.54, 1.807) is 28.7 Å². The zero-order chi connectivity index (χ0) is 10.7. The van der Waals surface area contributed by atoms with E-state index in [0.717, 1.165) is 0 Å². The largest absolute Gasteiger partial charge is 0.505 e. The second-order valence-electron chi connectivity index (χ2n) is 2.47. The Morgan fingerprint density at radius 2 is 2.29 bits per heavy atom. The highest BCUT2D eigenvalue weighted by Gasteiger charge is 2.20. The third-order valence-electron chi connectivity index (χ3n) is 1.62. The predicted octanol–water partition coefficient (Wildman–Crippen LogP) is 2.40. The molecule has 0 spiro atoms. The molecule has 0 aromatic carbocycles. The summed E-state index contributed by atoms with van der Waals surface area (Å²) in [5.74, 6) is -0.534. The molecular weight excluding hydrogens is 305 g/mol. The highest BCUT2D eigenvalue weighted by atomic mass is 127. The van der Waals surface area contributed by atoms with Crippen molar-refractivity contribution < 1.29 is 13.9 Å². The van der Waals surface area contributed by atoms with Crippen molar-refractivity contribution in [3.63, 3.8) is 0 Å². The molecule has 0 bridgehead atoms. The molecule has 0 radical (unpaired) electrons. The van der Waals surface area contributed by atoms with Crippen LogP contribution in [0.5, 0.6) is 5.75 Å². The maximum atomic E-state index is 12.5. The number of nitriles is 1. The number of halogens is 3. The van der Waals surface area contributed by atoms with E-state index in [4.69, 9.17) is 5.26 Å². The number of aromatic nitrogens is 1. The molecule has 0 saturated carbocycles. The van der Waals surface area contributed by atoms with Crippen molar-refractivity contribution in [1.29, 1.82) is 5.26 Å². The van der Waals surface area contributed by atoms with Gasteiger partial charge in [-0.15, -0.1) is 0 Å². The molecule has 0 aliphatic carbocycles. The molecule has 0 unspecified atom stereocenters. The first-order chi connectivity index (χ1) is 6.57. The van der Waals surface area contributed by atoms with E-state index in [2.05, 4.69) is 4.98 Å². The molecule has 0 saturated heterocycles. The lowest BCUT2D eigenvalue weighted by atomic mass is 10.1. The van der Waals surface area contributed by atoms with E-state index in [0.29, 0.717) is 0 Å². The fraction of sp³-hybridized carbons (Fsp3) is 0.250. The van der Waals surface area contributed by atoms with Crippen molar-refractivity contribution in [2.24, 2.45) is 0 Å². The molecule has 1 aromatic rings. The van der Waals surface area contributed by atoms with Gasteiger partial charge in [-0.2, -0.15) is 5.26 Å². The molecular formula is C8H5F2IN2O. The van der Waals surface area contributed by atoms with E-state index in [1.165, 1.54) is 6.20 Å². The lowest BCUT2D eigenvalue weighted by molar-refractivity contribution is 0.146. The number of rotatable bonds is 2. The third-order valence-corrected chi connectivity index (χ3v) is 2.41. The number of hydrogen-bond acceptors (Lipinski definition) is 3. The second kappa shape index (κ2) is 4.50. The molecule has 0 atom stereocenters. The number of aromatic hydroxyl groups is 1. The number of alkyl halides is 2. The summed E-state index contributed by atoms with van der Waals surface area (Å²) in [5, 5.41) is 17.7. The highest BCUT2D eigenvalue weighted by molar-refractivity contribution is 14.1. The average Bonchev–Trinajstić information content (AvgIpc) is 2.11. The zero-order valence-electron chi connectivity index (χ0n) is 6.84. The molecule has 6 heteroatoms. The first-order valence-electron chi connectivity index (χ1n) is 3.59. The maximum absolute atomic E-state index is 12.5. The van der Waals surface area contributed by atoms with Crippen molar-refractivity contribution in [2.45, 2.75) is 12.8 Å². The summed E-state index contributed by atoms with van der Waals surface area (Å²) in [4.78, 5) is 3.69. The van der Waals surface area contributed by atoms with Crippen LogP contribution in [-0.2, 0) is 6.42 Å². The Morgan fingerprint density at radius 1 is 1.64 bits per heavy atom. The summed E-state index contributed by atoms with van der Waals surface area (Å²) >= 11 is 1.65. The summed E-state index contributed by atoms with van der Waals surface area (Å²) in [7, 11) is 0. The van der Waals surface area contributed by atoms with Gasteiger partial charge in [0.1, 0.15) is 3.70 Å². The van der Waals surface area contributed by atoms with Crippen LogP contribution in [0.4, 0.5) is 8.78 Å². The minimum absolute atomic E-state index is 0.0698. The van der Waals surface area contributed by atoms with Gasteiger partial charge in [0.25, 0.3) is 6.43 Å². The first-order valence-corrected chi connectivity index (χ1v) is 4.67. The first kappa shape index (κ1) is 11.1. The van der Waals surface area contributed by atoms with Crippen LogP contribution in [-0.4, -0.2) is 10.1 Å². The van der Waals surface area contributed by atoms with Crippen molar-refractivity contribution in [1.82, 2.24) is 4.98 Å². The summed E-state index contributed by atoms with van der Waals surface area (Å²) in [6, 6.07) is 1.74. The molecule has 1 N–H and O–H groups in total. The SMILES string of the molecule is N#CCc1cnc(I)c(O)c1C(F)F. The number of nitrogens with zero attached hydrogens (tertiary/aromatic N) is 2. The minimum atomic E-state index is -2.80. The van der Waals surface area contributed by atoms with E-state index in [9.17, 15) is 13.9 Å².